The maximum atomic E-state index is 6.40. The minimum atomic E-state index is -0.152. The van der Waals surface area contributed by atoms with Crippen LogP contribution in [0.15, 0.2) is 72.8 Å². The van der Waals surface area contributed by atoms with Gasteiger partial charge < -0.3 is 33.7 Å². The third-order valence-electron chi connectivity index (χ3n) is 6.29. The van der Waals surface area contributed by atoms with Gasteiger partial charge in [-0.05, 0) is 53.1 Å². The van der Waals surface area contributed by atoms with Crippen LogP contribution in [0, 0.1) is 0 Å². The molecule has 0 aliphatic carbocycles. The molecule has 0 saturated carbocycles. The van der Waals surface area contributed by atoms with Gasteiger partial charge in [0, 0.05) is 6.54 Å². The molecule has 3 atom stereocenters. The first kappa shape index (κ1) is 26.0. The summed E-state index contributed by atoms with van der Waals surface area (Å²) in [5.74, 6) is 2.49. The van der Waals surface area contributed by atoms with E-state index in [-0.39, 0.29) is 18.2 Å². The van der Waals surface area contributed by atoms with E-state index in [1.807, 2.05) is 72.8 Å². The van der Waals surface area contributed by atoms with E-state index in [9.17, 15) is 0 Å². The molecule has 0 unspecified atom stereocenters. The van der Waals surface area contributed by atoms with Crippen molar-refractivity contribution >= 4 is 0 Å². The molecule has 0 spiro atoms. The third-order valence-corrected chi connectivity index (χ3v) is 6.29. The molecule has 0 bridgehead atoms. The third kappa shape index (κ3) is 7.21. The Bertz CT molecular complexity index is 1040. The lowest BCUT2D eigenvalue weighted by Gasteiger charge is -2.25. The van der Waals surface area contributed by atoms with Gasteiger partial charge in [-0.1, -0.05) is 36.4 Å². The lowest BCUT2D eigenvalue weighted by Crippen LogP contribution is -2.39. The Balaban J connectivity index is 1.35. The standard InChI is InChI=1S/C29H35NO6/c1-31-24-10-4-21(5-11-24)17-34-20-27-29(36-19-23-8-14-26(33-3)15-9-23)28(16-30-27)35-18-22-6-12-25(32-2)13-7-22/h4-15,27-30H,16-20H2,1-3H3/t27-,28-,29-/m0/s1. The molecule has 0 radical (unpaired) electrons. The van der Waals surface area contributed by atoms with Gasteiger partial charge in [-0.25, -0.2) is 0 Å². The van der Waals surface area contributed by atoms with Gasteiger partial charge in [0.25, 0.3) is 0 Å². The summed E-state index contributed by atoms with van der Waals surface area (Å²) in [5, 5.41) is 3.54. The minimum Gasteiger partial charge on any atom is -0.497 e. The van der Waals surface area contributed by atoms with Crippen LogP contribution in [0.1, 0.15) is 16.7 Å². The van der Waals surface area contributed by atoms with E-state index in [2.05, 4.69) is 5.32 Å². The van der Waals surface area contributed by atoms with E-state index >= 15 is 0 Å². The van der Waals surface area contributed by atoms with Gasteiger partial charge in [0.05, 0.1) is 59.9 Å². The summed E-state index contributed by atoms with van der Waals surface area (Å²) in [5.41, 5.74) is 3.26. The second-order valence-corrected chi connectivity index (χ2v) is 8.70. The molecule has 4 rings (SSSR count). The molecule has 36 heavy (non-hydrogen) atoms. The number of nitrogens with one attached hydrogen (secondary N) is 1. The molecule has 0 aromatic heterocycles. The second kappa shape index (κ2) is 13.3. The first-order valence-corrected chi connectivity index (χ1v) is 12.1. The van der Waals surface area contributed by atoms with Crippen LogP contribution in [-0.2, 0) is 34.0 Å². The number of ether oxygens (including phenoxy) is 6. The summed E-state index contributed by atoms with van der Waals surface area (Å²) in [6.07, 6.45) is -0.249. The molecular weight excluding hydrogens is 458 g/mol. The molecule has 1 saturated heterocycles. The quantitative estimate of drug-likeness (QED) is 0.379. The minimum absolute atomic E-state index is 0.0161. The maximum absolute atomic E-state index is 6.40. The van der Waals surface area contributed by atoms with Crippen LogP contribution in [0.5, 0.6) is 17.2 Å². The molecule has 0 amide bonds. The number of hydrogen-bond donors (Lipinski definition) is 1. The number of hydrogen-bond acceptors (Lipinski definition) is 7. The van der Waals surface area contributed by atoms with Crippen LogP contribution in [-0.4, -0.2) is 52.7 Å². The highest BCUT2D eigenvalue weighted by Crippen LogP contribution is 2.22. The van der Waals surface area contributed by atoms with E-state index in [1.165, 1.54) is 0 Å². The summed E-state index contributed by atoms with van der Waals surface area (Å²) >= 11 is 0. The Morgan fingerprint density at radius 3 is 1.53 bits per heavy atom. The van der Waals surface area contributed by atoms with Gasteiger partial charge in [-0.3, -0.25) is 0 Å². The fourth-order valence-corrected chi connectivity index (χ4v) is 4.15. The fraction of sp³-hybridized carbons (Fsp3) is 0.379. The van der Waals surface area contributed by atoms with Crippen molar-refractivity contribution in [3.8, 4) is 17.2 Å². The van der Waals surface area contributed by atoms with Crippen LogP contribution in [0.25, 0.3) is 0 Å². The van der Waals surface area contributed by atoms with Crippen LogP contribution in [0.4, 0.5) is 0 Å². The summed E-state index contributed by atoms with van der Waals surface area (Å²) in [4.78, 5) is 0. The number of rotatable bonds is 13. The Morgan fingerprint density at radius 1 is 0.611 bits per heavy atom. The summed E-state index contributed by atoms with van der Waals surface area (Å²) in [6.45, 7) is 2.71. The van der Waals surface area contributed by atoms with E-state index < -0.39 is 0 Å². The molecule has 1 heterocycles. The van der Waals surface area contributed by atoms with Crippen LogP contribution in [0.2, 0.25) is 0 Å². The maximum Gasteiger partial charge on any atom is 0.118 e. The molecule has 7 nitrogen and oxygen atoms in total. The van der Waals surface area contributed by atoms with Gasteiger partial charge in [-0.15, -0.1) is 0 Å². The van der Waals surface area contributed by atoms with Crippen molar-refractivity contribution in [1.82, 2.24) is 5.32 Å². The van der Waals surface area contributed by atoms with Gasteiger partial charge in [-0.2, -0.15) is 0 Å². The van der Waals surface area contributed by atoms with Crippen molar-refractivity contribution in [3.05, 3.63) is 89.5 Å². The fourth-order valence-electron chi connectivity index (χ4n) is 4.15. The largest absolute Gasteiger partial charge is 0.497 e. The van der Waals surface area contributed by atoms with Crippen molar-refractivity contribution < 1.29 is 28.4 Å². The summed E-state index contributed by atoms with van der Waals surface area (Å²) in [6, 6.07) is 23.8. The lowest BCUT2D eigenvalue weighted by atomic mass is 10.1. The van der Waals surface area contributed by atoms with E-state index in [0.29, 0.717) is 33.0 Å². The monoisotopic (exact) mass is 493 g/mol. The van der Waals surface area contributed by atoms with Crippen molar-refractivity contribution in [1.29, 1.82) is 0 Å². The van der Waals surface area contributed by atoms with Crippen molar-refractivity contribution in [2.45, 2.75) is 38.1 Å². The van der Waals surface area contributed by atoms with E-state index in [0.717, 1.165) is 33.9 Å². The van der Waals surface area contributed by atoms with Gasteiger partial charge in [0.15, 0.2) is 0 Å². The highest BCUT2D eigenvalue weighted by Gasteiger charge is 2.37. The predicted molar refractivity (Wildman–Crippen MR) is 138 cm³/mol. The SMILES string of the molecule is COc1ccc(COC[C@@H]2NC[C@H](OCc3ccc(OC)cc3)[C@H]2OCc2ccc(OC)cc2)cc1. The van der Waals surface area contributed by atoms with E-state index in [4.69, 9.17) is 28.4 Å². The number of benzene rings is 3. The second-order valence-electron chi connectivity index (χ2n) is 8.70. The molecule has 1 aliphatic rings. The first-order chi connectivity index (χ1) is 17.7. The van der Waals surface area contributed by atoms with Crippen LogP contribution >= 0.6 is 0 Å². The molecule has 1 N–H and O–H groups in total. The van der Waals surface area contributed by atoms with Crippen molar-refractivity contribution in [2.75, 3.05) is 34.5 Å². The molecule has 192 valence electrons. The zero-order valence-corrected chi connectivity index (χ0v) is 21.1. The number of methoxy groups -OCH3 is 3. The van der Waals surface area contributed by atoms with Crippen LogP contribution in [0.3, 0.4) is 0 Å². The van der Waals surface area contributed by atoms with Gasteiger partial charge in [0.2, 0.25) is 0 Å². The molecule has 7 heteroatoms. The Labute approximate surface area is 213 Å². The normalized spacial score (nSPS) is 19.2. The predicted octanol–water partition coefficient (Wildman–Crippen LogP) is 4.37. The average Bonchev–Trinajstić information content (AvgIpc) is 3.33. The Kier molecular flexibility index (Phi) is 9.58. The average molecular weight is 494 g/mol. The van der Waals surface area contributed by atoms with Crippen LogP contribution < -0.4 is 19.5 Å². The molecule has 1 fully saturated rings. The van der Waals surface area contributed by atoms with Gasteiger partial charge >= 0.3 is 0 Å². The van der Waals surface area contributed by atoms with Gasteiger partial charge in [0.1, 0.15) is 23.4 Å². The Hall–Kier alpha value is -3.10. The summed E-state index contributed by atoms with van der Waals surface area (Å²) in [7, 11) is 4.99. The highest BCUT2D eigenvalue weighted by molar-refractivity contribution is 5.28. The Morgan fingerprint density at radius 2 is 1.06 bits per heavy atom. The summed E-state index contributed by atoms with van der Waals surface area (Å²) < 4.78 is 34.5. The topological polar surface area (TPSA) is 67.4 Å². The zero-order valence-electron chi connectivity index (χ0n) is 21.1. The molecular formula is C29H35NO6. The smallest absolute Gasteiger partial charge is 0.118 e. The van der Waals surface area contributed by atoms with Crippen molar-refractivity contribution in [3.63, 3.8) is 0 Å². The molecule has 3 aromatic rings. The molecule has 3 aromatic carbocycles. The van der Waals surface area contributed by atoms with Crippen molar-refractivity contribution in [2.24, 2.45) is 0 Å². The van der Waals surface area contributed by atoms with E-state index in [1.54, 1.807) is 21.3 Å². The lowest BCUT2D eigenvalue weighted by molar-refractivity contribution is -0.0786. The zero-order chi connectivity index (χ0) is 25.2. The highest BCUT2D eigenvalue weighted by atomic mass is 16.5. The first-order valence-electron chi connectivity index (χ1n) is 12.1. The molecule has 1 aliphatic heterocycles.